The Balaban J connectivity index is 2.39. The van der Waals surface area contributed by atoms with Gasteiger partial charge in [0.15, 0.2) is 0 Å². The Labute approximate surface area is 72.3 Å². The van der Waals surface area contributed by atoms with E-state index in [2.05, 4.69) is 0 Å². The summed E-state index contributed by atoms with van der Waals surface area (Å²) in [5.74, 6) is 0. The Hall–Kier alpha value is -0.795. The van der Waals surface area contributed by atoms with Crippen LogP contribution in [0.25, 0.3) is 0 Å². The van der Waals surface area contributed by atoms with E-state index < -0.39 is 7.12 Å². The number of benzene rings is 1. The summed E-state index contributed by atoms with van der Waals surface area (Å²) in [5, 5.41) is 9.52. The molecule has 1 aromatic carbocycles. The van der Waals surface area contributed by atoms with E-state index in [9.17, 15) is 5.02 Å². The fraction of sp³-hybridized carbons (Fsp3) is 0.333. The fourth-order valence-electron chi connectivity index (χ4n) is 1.55. The zero-order chi connectivity index (χ0) is 8.39. The SMILES string of the molecule is OB1OCCCc2ccccc21. The lowest BCUT2D eigenvalue weighted by Gasteiger charge is -2.05. The molecule has 0 saturated heterocycles. The van der Waals surface area contributed by atoms with E-state index in [1.54, 1.807) is 0 Å². The maximum Gasteiger partial charge on any atom is 0.491 e. The lowest BCUT2D eigenvalue weighted by Crippen LogP contribution is -2.34. The van der Waals surface area contributed by atoms with Crippen molar-refractivity contribution in [1.82, 2.24) is 0 Å². The van der Waals surface area contributed by atoms with E-state index in [-0.39, 0.29) is 0 Å². The van der Waals surface area contributed by atoms with Crippen molar-refractivity contribution in [3.8, 4) is 0 Å². The summed E-state index contributed by atoms with van der Waals surface area (Å²) in [4.78, 5) is 0. The molecule has 1 heterocycles. The molecule has 0 fully saturated rings. The third kappa shape index (κ3) is 1.38. The molecule has 62 valence electrons. The van der Waals surface area contributed by atoms with Gasteiger partial charge < -0.3 is 9.68 Å². The quantitative estimate of drug-likeness (QED) is 0.557. The highest BCUT2D eigenvalue weighted by Gasteiger charge is 2.21. The molecule has 12 heavy (non-hydrogen) atoms. The highest BCUT2D eigenvalue weighted by molar-refractivity contribution is 6.60. The highest BCUT2D eigenvalue weighted by Crippen LogP contribution is 2.06. The van der Waals surface area contributed by atoms with Crippen molar-refractivity contribution in [2.24, 2.45) is 0 Å². The Morgan fingerprint density at radius 3 is 3.08 bits per heavy atom. The first-order chi connectivity index (χ1) is 5.88. The van der Waals surface area contributed by atoms with Crippen LogP contribution in [0.4, 0.5) is 0 Å². The molecular weight excluding hydrogens is 151 g/mol. The molecule has 0 radical (unpaired) electrons. The second-order valence-corrected chi connectivity index (χ2v) is 3.03. The van der Waals surface area contributed by atoms with Gasteiger partial charge in [-0.15, -0.1) is 0 Å². The first-order valence-corrected chi connectivity index (χ1v) is 4.25. The standard InChI is InChI=1S/C9H11BO2/c11-10-9-6-2-1-4-8(9)5-3-7-12-10/h1-2,4,6,11H,3,5,7H2. The van der Waals surface area contributed by atoms with Gasteiger partial charge in [0.1, 0.15) is 0 Å². The van der Waals surface area contributed by atoms with Crippen molar-refractivity contribution in [2.45, 2.75) is 12.8 Å². The molecule has 2 rings (SSSR count). The van der Waals surface area contributed by atoms with Gasteiger partial charge in [-0.25, -0.2) is 0 Å². The Kier molecular flexibility index (Phi) is 2.15. The van der Waals surface area contributed by atoms with E-state index in [0.29, 0.717) is 6.61 Å². The van der Waals surface area contributed by atoms with E-state index in [4.69, 9.17) is 4.65 Å². The summed E-state index contributed by atoms with van der Waals surface area (Å²) in [7, 11) is -0.719. The van der Waals surface area contributed by atoms with Crippen molar-refractivity contribution in [3.63, 3.8) is 0 Å². The Morgan fingerprint density at radius 2 is 2.17 bits per heavy atom. The molecule has 0 spiro atoms. The molecule has 3 heteroatoms. The predicted octanol–water partition coefficient (Wildman–Crippen LogP) is 0.337. The van der Waals surface area contributed by atoms with Crippen LogP contribution in [-0.2, 0) is 11.1 Å². The number of rotatable bonds is 0. The largest absolute Gasteiger partial charge is 0.491 e. The second kappa shape index (κ2) is 3.29. The van der Waals surface area contributed by atoms with E-state index in [1.807, 2.05) is 24.3 Å². The van der Waals surface area contributed by atoms with Gasteiger partial charge in [0, 0.05) is 6.61 Å². The summed E-state index contributed by atoms with van der Waals surface area (Å²) < 4.78 is 5.18. The van der Waals surface area contributed by atoms with Crippen LogP contribution in [0.5, 0.6) is 0 Å². The van der Waals surface area contributed by atoms with Gasteiger partial charge in [-0.3, -0.25) is 0 Å². The number of hydrogen-bond donors (Lipinski definition) is 1. The average molecular weight is 162 g/mol. The maximum atomic E-state index is 9.52. The molecule has 0 unspecified atom stereocenters. The number of hydrogen-bond acceptors (Lipinski definition) is 2. The molecule has 0 aromatic heterocycles. The molecular formula is C9H11BO2. The van der Waals surface area contributed by atoms with Gasteiger partial charge in [-0.1, -0.05) is 24.3 Å². The summed E-state index contributed by atoms with van der Waals surface area (Å²) in [6.07, 6.45) is 2.00. The molecule has 0 saturated carbocycles. The maximum absolute atomic E-state index is 9.52. The van der Waals surface area contributed by atoms with Gasteiger partial charge in [-0.05, 0) is 23.9 Å². The van der Waals surface area contributed by atoms with Crippen LogP contribution in [0.2, 0.25) is 0 Å². The normalized spacial score (nSPS) is 16.9. The first kappa shape index (κ1) is 7.83. The summed E-state index contributed by atoms with van der Waals surface area (Å²) in [6.45, 7) is 0.649. The molecule has 1 aliphatic rings. The highest BCUT2D eigenvalue weighted by atomic mass is 16.5. The summed E-state index contributed by atoms with van der Waals surface area (Å²) in [6, 6.07) is 7.90. The average Bonchev–Trinajstić information content (AvgIpc) is 2.29. The second-order valence-electron chi connectivity index (χ2n) is 3.03. The Morgan fingerprint density at radius 1 is 1.33 bits per heavy atom. The zero-order valence-corrected chi connectivity index (χ0v) is 6.86. The lowest BCUT2D eigenvalue weighted by molar-refractivity contribution is 0.270. The molecule has 1 N–H and O–H groups in total. The molecule has 2 nitrogen and oxygen atoms in total. The van der Waals surface area contributed by atoms with Gasteiger partial charge in [0.25, 0.3) is 0 Å². The minimum atomic E-state index is -0.719. The Bertz CT molecular complexity index is 275. The smallest absolute Gasteiger partial charge is 0.423 e. The zero-order valence-electron chi connectivity index (χ0n) is 6.86. The molecule has 1 aliphatic heterocycles. The van der Waals surface area contributed by atoms with Crippen molar-refractivity contribution in [1.29, 1.82) is 0 Å². The van der Waals surface area contributed by atoms with E-state index >= 15 is 0 Å². The molecule has 0 amide bonds. The van der Waals surface area contributed by atoms with Crippen molar-refractivity contribution >= 4 is 12.6 Å². The molecule has 0 bridgehead atoms. The van der Waals surface area contributed by atoms with Crippen LogP contribution in [0, 0.1) is 0 Å². The van der Waals surface area contributed by atoms with Gasteiger partial charge >= 0.3 is 7.12 Å². The van der Waals surface area contributed by atoms with Crippen LogP contribution in [0.15, 0.2) is 24.3 Å². The van der Waals surface area contributed by atoms with Crippen molar-refractivity contribution in [3.05, 3.63) is 29.8 Å². The predicted molar refractivity (Wildman–Crippen MR) is 48.3 cm³/mol. The van der Waals surface area contributed by atoms with E-state index in [1.165, 1.54) is 5.56 Å². The summed E-state index contributed by atoms with van der Waals surface area (Å²) >= 11 is 0. The first-order valence-electron chi connectivity index (χ1n) is 4.25. The van der Waals surface area contributed by atoms with Gasteiger partial charge in [-0.2, -0.15) is 0 Å². The number of aryl methyl sites for hydroxylation is 1. The van der Waals surface area contributed by atoms with Crippen LogP contribution in [0.1, 0.15) is 12.0 Å². The van der Waals surface area contributed by atoms with Gasteiger partial charge in [0.05, 0.1) is 0 Å². The van der Waals surface area contributed by atoms with Crippen LogP contribution < -0.4 is 5.46 Å². The minimum Gasteiger partial charge on any atom is -0.423 e. The summed E-state index contributed by atoms with van der Waals surface area (Å²) in [5.41, 5.74) is 2.14. The minimum absolute atomic E-state index is 0.649. The lowest BCUT2D eigenvalue weighted by atomic mass is 9.76. The fourth-order valence-corrected chi connectivity index (χ4v) is 1.55. The molecule has 0 atom stereocenters. The number of fused-ring (bicyclic) bond motifs is 1. The third-order valence-corrected chi connectivity index (χ3v) is 2.19. The van der Waals surface area contributed by atoms with Crippen LogP contribution in [0.3, 0.4) is 0 Å². The van der Waals surface area contributed by atoms with Crippen molar-refractivity contribution in [2.75, 3.05) is 6.61 Å². The monoisotopic (exact) mass is 162 g/mol. The van der Waals surface area contributed by atoms with Crippen molar-refractivity contribution < 1.29 is 9.68 Å². The van der Waals surface area contributed by atoms with Gasteiger partial charge in [0.2, 0.25) is 0 Å². The van der Waals surface area contributed by atoms with Crippen LogP contribution >= 0.6 is 0 Å². The third-order valence-electron chi connectivity index (χ3n) is 2.19. The van der Waals surface area contributed by atoms with Crippen LogP contribution in [-0.4, -0.2) is 18.7 Å². The molecule has 1 aromatic rings. The topological polar surface area (TPSA) is 29.5 Å². The molecule has 0 aliphatic carbocycles. The van der Waals surface area contributed by atoms with E-state index in [0.717, 1.165) is 18.3 Å².